The molecule has 1 rings (SSSR count). The highest BCUT2D eigenvalue weighted by Crippen LogP contribution is 2.12. The Kier molecular flexibility index (Phi) is 2.90. The van der Waals surface area contributed by atoms with Crippen molar-refractivity contribution in [1.82, 2.24) is 0 Å². The van der Waals surface area contributed by atoms with Crippen molar-refractivity contribution in [3.63, 3.8) is 0 Å². The molecule has 1 aliphatic rings. The fraction of sp³-hybridized carbons (Fsp3) is 0.750. The Morgan fingerprint density at radius 3 is 3.10 bits per heavy atom. The zero-order valence-electron chi connectivity index (χ0n) is 6.54. The van der Waals surface area contributed by atoms with Crippen LogP contribution in [-0.4, -0.2) is 19.0 Å². The molecular weight excluding hydrogens is 128 g/mol. The largest absolute Gasteiger partial charge is 0.353 e. The van der Waals surface area contributed by atoms with Crippen molar-refractivity contribution in [1.29, 1.82) is 0 Å². The van der Waals surface area contributed by atoms with Crippen molar-refractivity contribution in [3.8, 4) is 0 Å². The first-order valence-electron chi connectivity index (χ1n) is 3.76. The standard InChI is InChI=1S/C8H14O2/c1-3-9-8-6-4-5-7(2)10-8/h4-5,7-8H,3,6H2,1-2H3/t7-,8+/m0/s1. The minimum absolute atomic E-state index is 0.00926. The van der Waals surface area contributed by atoms with Gasteiger partial charge in [-0.1, -0.05) is 12.2 Å². The highest BCUT2D eigenvalue weighted by molar-refractivity contribution is 4.92. The van der Waals surface area contributed by atoms with Gasteiger partial charge in [-0.25, -0.2) is 0 Å². The van der Waals surface area contributed by atoms with Gasteiger partial charge in [-0.15, -0.1) is 0 Å². The molecule has 0 spiro atoms. The van der Waals surface area contributed by atoms with E-state index in [2.05, 4.69) is 12.2 Å². The summed E-state index contributed by atoms with van der Waals surface area (Å²) in [6.07, 6.45) is 5.25. The minimum atomic E-state index is -0.00926. The molecule has 2 nitrogen and oxygen atoms in total. The molecule has 0 amide bonds. The van der Waals surface area contributed by atoms with E-state index >= 15 is 0 Å². The van der Waals surface area contributed by atoms with E-state index in [1.54, 1.807) is 0 Å². The van der Waals surface area contributed by atoms with Crippen molar-refractivity contribution < 1.29 is 9.47 Å². The van der Waals surface area contributed by atoms with E-state index in [-0.39, 0.29) is 12.4 Å². The van der Waals surface area contributed by atoms with Crippen LogP contribution < -0.4 is 0 Å². The van der Waals surface area contributed by atoms with Gasteiger partial charge >= 0.3 is 0 Å². The van der Waals surface area contributed by atoms with E-state index in [9.17, 15) is 0 Å². The lowest BCUT2D eigenvalue weighted by Crippen LogP contribution is -2.24. The Morgan fingerprint density at radius 2 is 2.50 bits per heavy atom. The molecule has 0 aromatic carbocycles. The molecule has 0 radical (unpaired) electrons. The molecule has 0 N–H and O–H groups in total. The molecule has 2 heteroatoms. The van der Waals surface area contributed by atoms with Crippen LogP contribution in [0.5, 0.6) is 0 Å². The molecular formula is C8H14O2. The SMILES string of the molecule is CCO[C@H]1CC=C[C@H](C)O1. The van der Waals surface area contributed by atoms with Crippen LogP contribution in [0.2, 0.25) is 0 Å². The molecule has 0 saturated carbocycles. The quantitative estimate of drug-likeness (QED) is 0.546. The maximum Gasteiger partial charge on any atom is 0.161 e. The van der Waals surface area contributed by atoms with Crippen LogP contribution in [0.25, 0.3) is 0 Å². The van der Waals surface area contributed by atoms with Gasteiger partial charge in [0.2, 0.25) is 0 Å². The lowest BCUT2D eigenvalue weighted by Gasteiger charge is -2.22. The number of rotatable bonds is 2. The van der Waals surface area contributed by atoms with Crippen LogP contribution in [0.4, 0.5) is 0 Å². The molecule has 0 aliphatic carbocycles. The Morgan fingerprint density at radius 1 is 1.70 bits per heavy atom. The number of hydrogen-bond acceptors (Lipinski definition) is 2. The molecule has 0 aromatic heterocycles. The summed E-state index contributed by atoms with van der Waals surface area (Å²) in [5.41, 5.74) is 0. The molecule has 0 fully saturated rings. The van der Waals surface area contributed by atoms with E-state index in [1.807, 2.05) is 13.8 Å². The fourth-order valence-corrected chi connectivity index (χ4v) is 1.01. The van der Waals surface area contributed by atoms with Gasteiger partial charge < -0.3 is 9.47 Å². The molecule has 2 atom stereocenters. The monoisotopic (exact) mass is 142 g/mol. The van der Waals surface area contributed by atoms with Crippen LogP contribution in [0.3, 0.4) is 0 Å². The van der Waals surface area contributed by atoms with Crippen molar-refractivity contribution in [2.75, 3.05) is 6.61 Å². The normalized spacial score (nSPS) is 32.6. The average Bonchev–Trinajstić information content (AvgIpc) is 1.88. The van der Waals surface area contributed by atoms with E-state index in [1.165, 1.54) is 0 Å². The minimum Gasteiger partial charge on any atom is -0.353 e. The maximum absolute atomic E-state index is 5.42. The van der Waals surface area contributed by atoms with E-state index in [4.69, 9.17) is 9.47 Å². The Bertz CT molecular complexity index is 120. The molecule has 1 aliphatic heterocycles. The zero-order valence-corrected chi connectivity index (χ0v) is 6.54. The number of hydrogen-bond donors (Lipinski definition) is 0. The highest BCUT2D eigenvalue weighted by atomic mass is 16.7. The summed E-state index contributed by atoms with van der Waals surface area (Å²) in [6, 6.07) is 0. The summed E-state index contributed by atoms with van der Waals surface area (Å²) in [6.45, 7) is 4.72. The van der Waals surface area contributed by atoms with Crippen LogP contribution in [0.1, 0.15) is 20.3 Å². The highest BCUT2D eigenvalue weighted by Gasteiger charge is 2.13. The molecule has 58 valence electrons. The molecule has 1 heterocycles. The molecule has 0 aromatic rings. The lowest BCUT2D eigenvalue weighted by molar-refractivity contribution is -0.156. The second-order valence-corrected chi connectivity index (χ2v) is 2.39. The van der Waals surface area contributed by atoms with Gasteiger partial charge in [0.15, 0.2) is 6.29 Å². The third-order valence-corrected chi connectivity index (χ3v) is 1.45. The second-order valence-electron chi connectivity index (χ2n) is 2.39. The van der Waals surface area contributed by atoms with Crippen molar-refractivity contribution in [2.45, 2.75) is 32.7 Å². The third-order valence-electron chi connectivity index (χ3n) is 1.45. The Labute approximate surface area is 61.8 Å². The van der Waals surface area contributed by atoms with Gasteiger partial charge in [-0.05, 0) is 13.8 Å². The summed E-state index contributed by atoms with van der Waals surface area (Å²) in [4.78, 5) is 0. The predicted octanol–water partition coefficient (Wildman–Crippen LogP) is 1.71. The zero-order chi connectivity index (χ0) is 7.40. The van der Waals surface area contributed by atoms with E-state index in [0.29, 0.717) is 0 Å². The molecule has 10 heavy (non-hydrogen) atoms. The van der Waals surface area contributed by atoms with Gasteiger partial charge in [0.25, 0.3) is 0 Å². The van der Waals surface area contributed by atoms with Gasteiger partial charge in [0.1, 0.15) is 0 Å². The molecule has 0 bridgehead atoms. The van der Waals surface area contributed by atoms with Gasteiger partial charge in [-0.2, -0.15) is 0 Å². The van der Waals surface area contributed by atoms with Crippen LogP contribution in [0.15, 0.2) is 12.2 Å². The van der Waals surface area contributed by atoms with Crippen LogP contribution in [-0.2, 0) is 9.47 Å². The summed E-state index contributed by atoms with van der Waals surface area (Å²) >= 11 is 0. The third kappa shape index (κ3) is 2.12. The lowest BCUT2D eigenvalue weighted by atomic mass is 10.2. The summed E-state index contributed by atoms with van der Waals surface area (Å²) in [5.74, 6) is 0. The Balaban J connectivity index is 2.29. The number of ether oxygens (including phenoxy) is 2. The first-order chi connectivity index (χ1) is 4.83. The fourth-order valence-electron chi connectivity index (χ4n) is 1.01. The van der Waals surface area contributed by atoms with Gasteiger partial charge in [0, 0.05) is 13.0 Å². The maximum atomic E-state index is 5.42. The van der Waals surface area contributed by atoms with Crippen molar-refractivity contribution in [3.05, 3.63) is 12.2 Å². The van der Waals surface area contributed by atoms with Crippen molar-refractivity contribution >= 4 is 0 Å². The van der Waals surface area contributed by atoms with Gasteiger partial charge in [0.05, 0.1) is 6.10 Å². The topological polar surface area (TPSA) is 18.5 Å². The molecule has 0 saturated heterocycles. The Hall–Kier alpha value is -0.340. The van der Waals surface area contributed by atoms with Crippen LogP contribution >= 0.6 is 0 Å². The summed E-state index contributed by atoms with van der Waals surface area (Å²) in [5, 5.41) is 0. The van der Waals surface area contributed by atoms with Crippen molar-refractivity contribution in [2.24, 2.45) is 0 Å². The van der Waals surface area contributed by atoms with Gasteiger partial charge in [-0.3, -0.25) is 0 Å². The van der Waals surface area contributed by atoms with Crippen LogP contribution in [0, 0.1) is 0 Å². The van der Waals surface area contributed by atoms with E-state index in [0.717, 1.165) is 13.0 Å². The summed E-state index contributed by atoms with van der Waals surface area (Å²) < 4.78 is 10.7. The van der Waals surface area contributed by atoms with E-state index < -0.39 is 0 Å². The second kappa shape index (κ2) is 3.74. The average molecular weight is 142 g/mol. The summed E-state index contributed by atoms with van der Waals surface area (Å²) in [7, 11) is 0. The predicted molar refractivity (Wildman–Crippen MR) is 39.7 cm³/mol. The smallest absolute Gasteiger partial charge is 0.161 e. The molecule has 0 unspecified atom stereocenters. The first-order valence-corrected chi connectivity index (χ1v) is 3.76. The first kappa shape index (κ1) is 7.76.